The highest BCUT2D eigenvalue weighted by molar-refractivity contribution is 5.17. The fourth-order valence-corrected chi connectivity index (χ4v) is 1.53. The molecule has 1 N–H and O–H groups in total. The number of hydrogen-bond donors (Lipinski definition) is 1. The molecule has 3 nitrogen and oxygen atoms in total. The SMILES string of the molecule is c1cc(O[C@@H]2CCCNC2)ccn1. The van der Waals surface area contributed by atoms with Gasteiger partial charge in [-0.1, -0.05) is 0 Å². The van der Waals surface area contributed by atoms with E-state index in [-0.39, 0.29) is 0 Å². The number of ether oxygens (including phenoxy) is 1. The van der Waals surface area contributed by atoms with Gasteiger partial charge in [0.2, 0.25) is 0 Å². The van der Waals surface area contributed by atoms with Crippen molar-refractivity contribution < 1.29 is 4.74 Å². The largest absolute Gasteiger partial charge is 0.489 e. The summed E-state index contributed by atoms with van der Waals surface area (Å²) >= 11 is 0. The van der Waals surface area contributed by atoms with Crippen molar-refractivity contribution in [3.8, 4) is 5.75 Å². The fraction of sp³-hybridized carbons (Fsp3) is 0.500. The first-order chi connectivity index (χ1) is 6.45. The van der Waals surface area contributed by atoms with E-state index in [1.807, 2.05) is 12.1 Å². The van der Waals surface area contributed by atoms with Crippen LogP contribution >= 0.6 is 0 Å². The fourth-order valence-electron chi connectivity index (χ4n) is 1.53. The van der Waals surface area contributed by atoms with E-state index in [9.17, 15) is 0 Å². The van der Waals surface area contributed by atoms with Crippen LogP contribution in [0.25, 0.3) is 0 Å². The van der Waals surface area contributed by atoms with Gasteiger partial charge in [-0.2, -0.15) is 0 Å². The van der Waals surface area contributed by atoms with E-state index in [2.05, 4.69) is 10.3 Å². The molecule has 1 aliphatic heterocycles. The summed E-state index contributed by atoms with van der Waals surface area (Å²) in [6.45, 7) is 2.08. The van der Waals surface area contributed by atoms with E-state index >= 15 is 0 Å². The van der Waals surface area contributed by atoms with Gasteiger partial charge >= 0.3 is 0 Å². The molecule has 0 bridgehead atoms. The minimum atomic E-state index is 0.330. The number of piperidine rings is 1. The molecule has 1 fully saturated rings. The molecule has 0 amide bonds. The summed E-state index contributed by atoms with van der Waals surface area (Å²) in [6, 6.07) is 3.79. The van der Waals surface area contributed by atoms with Crippen molar-refractivity contribution >= 4 is 0 Å². The standard InChI is InChI=1S/C10H14N2O/c1-2-10(8-12-5-1)13-9-3-6-11-7-4-9/h3-4,6-7,10,12H,1-2,5,8H2/t10-/m1/s1. The van der Waals surface area contributed by atoms with Crippen molar-refractivity contribution in [1.29, 1.82) is 0 Å². The van der Waals surface area contributed by atoms with Gasteiger partial charge in [0.05, 0.1) is 0 Å². The van der Waals surface area contributed by atoms with Crippen LogP contribution in [0.1, 0.15) is 12.8 Å². The summed E-state index contributed by atoms with van der Waals surface area (Å²) in [7, 11) is 0. The van der Waals surface area contributed by atoms with Gasteiger partial charge in [0.25, 0.3) is 0 Å². The highest BCUT2D eigenvalue weighted by atomic mass is 16.5. The Morgan fingerprint density at radius 3 is 2.92 bits per heavy atom. The molecule has 13 heavy (non-hydrogen) atoms. The first kappa shape index (κ1) is 8.51. The number of nitrogens with one attached hydrogen (secondary N) is 1. The summed E-state index contributed by atoms with van der Waals surface area (Å²) in [5, 5.41) is 3.31. The lowest BCUT2D eigenvalue weighted by Gasteiger charge is -2.23. The second-order valence-corrected chi connectivity index (χ2v) is 3.27. The van der Waals surface area contributed by atoms with Crippen LogP contribution in [0.15, 0.2) is 24.5 Å². The molecule has 2 rings (SSSR count). The molecule has 70 valence electrons. The first-order valence-electron chi connectivity index (χ1n) is 4.72. The third-order valence-corrected chi connectivity index (χ3v) is 2.20. The zero-order valence-electron chi connectivity index (χ0n) is 7.57. The van der Waals surface area contributed by atoms with Gasteiger partial charge in [-0.25, -0.2) is 0 Å². The molecule has 0 unspecified atom stereocenters. The predicted molar refractivity (Wildman–Crippen MR) is 50.8 cm³/mol. The van der Waals surface area contributed by atoms with Crippen molar-refractivity contribution in [1.82, 2.24) is 10.3 Å². The third kappa shape index (κ3) is 2.42. The normalized spacial score (nSPS) is 22.6. The van der Waals surface area contributed by atoms with E-state index in [0.29, 0.717) is 6.10 Å². The Bertz CT molecular complexity index is 244. The van der Waals surface area contributed by atoms with Gasteiger partial charge in [-0.05, 0) is 31.5 Å². The van der Waals surface area contributed by atoms with Crippen molar-refractivity contribution in [2.45, 2.75) is 18.9 Å². The van der Waals surface area contributed by atoms with Crippen molar-refractivity contribution in [2.24, 2.45) is 0 Å². The average Bonchev–Trinajstić information content (AvgIpc) is 2.21. The van der Waals surface area contributed by atoms with Crippen molar-refractivity contribution in [3.05, 3.63) is 24.5 Å². The first-order valence-corrected chi connectivity index (χ1v) is 4.72. The maximum absolute atomic E-state index is 5.75. The van der Waals surface area contributed by atoms with Crippen LogP contribution in [0, 0.1) is 0 Å². The Morgan fingerprint density at radius 1 is 1.38 bits per heavy atom. The predicted octanol–water partition coefficient (Wildman–Crippen LogP) is 1.21. The Labute approximate surface area is 78.1 Å². The molecule has 0 radical (unpaired) electrons. The van der Waals surface area contributed by atoms with Crippen LogP contribution in [0.3, 0.4) is 0 Å². The molecular weight excluding hydrogens is 164 g/mol. The second kappa shape index (κ2) is 4.23. The Hall–Kier alpha value is -1.09. The monoisotopic (exact) mass is 178 g/mol. The molecule has 1 aromatic rings. The molecule has 3 heteroatoms. The van der Waals surface area contributed by atoms with Crippen LogP contribution in [0.4, 0.5) is 0 Å². The molecule has 2 heterocycles. The van der Waals surface area contributed by atoms with Gasteiger partial charge in [-0.15, -0.1) is 0 Å². The molecular formula is C10H14N2O. The van der Waals surface area contributed by atoms with E-state index in [0.717, 1.165) is 25.3 Å². The Morgan fingerprint density at radius 2 is 2.23 bits per heavy atom. The summed E-state index contributed by atoms with van der Waals surface area (Å²) in [5.74, 6) is 0.920. The van der Waals surface area contributed by atoms with E-state index in [1.54, 1.807) is 12.4 Å². The van der Waals surface area contributed by atoms with Crippen LogP contribution < -0.4 is 10.1 Å². The van der Waals surface area contributed by atoms with Crippen LogP contribution in [-0.4, -0.2) is 24.2 Å². The number of pyridine rings is 1. The van der Waals surface area contributed by atoms with Crippen LogP contribution in [-0.2, 0) is 0 Å². The summed E-state index contributed by atoms with van der Waals surface area (Å²) < 4.78 is 5.75. The van der Waals surface area contributed by atoms with Gasteiger partial charge in [-0.3, -0.25) is 4.98 Å². The number of nitrogens with zero attached hydrogens (tertiary/aromatic N) is 1. The lowest BCUT2D eigenvalue weighted by atomic mass is 10.1. The lowest BCUT2D eigenvalue weighted by Crippen LogP contribution is -2.37. The van der Waals surface area contributed by atoms with Crippen molar-refractivity contribution in [3.63, 3.8) is 0 Å². The minimum Gasteiger partial charge on any atom is -0.489 e. The van der Waals surface area contributed by atoms with Crippen molar-refractivity contribution in [2.75, 3.05) is 13.1 Å². The Kier molecular flexibility index (Phi) is 2.77. The summed E-state index contributed by atoms with van der Waals surface area (Å²) in [4.78, 5) is 3.94. The van der Waals surface area contributed by atoms with Crippen LogP contribution in [0.2, 0.25) is 0 Å². The average molecular weight is 178 g/mol. The molecule has 0 spiro atoms. The zero-order valence-corrected chi connectivity index (χ0v) is 7.57. The Balaban J connectivity index is 1.90. The maximum Gasteiger partial charge on any atom is 0.122 e. The van der Waals surface area contributed by atoms with E-state index in [1.165, 1.54) is 6.42 Å². The summed E-state index contributed by atoms with van der Waals surface area (Å²) in [6.07, 6.45) is 6.19. The van der Waals surface area contributed by atoms with Crippen LogP contribution in [0.5, 0.6) is 5.75 Å². The molecule has 0 aliphatic carbocycles. The highest BCUT2D eigenvalue weighted by Crippen LogP contribution is 2.13. The van der Waals surface area contributed by atoms with E-state index < -0.39 is 0 Å². The van der Waals surface area contributed by atoms with Gasteiger partial charge in [0.15, 0.2) is 0 Å². The molecule has 0 aromatic carbocycles. The molecule has 1 aliphatic rings. The minimum absolute atomic E-state index is 0.330. The molecule has 1 atom stereocenters. The maximum atomic E-state index is 5.75. The summed E-state index contributed by atoms with van der Waals surface area (Å²) in [5.41, 5.74) is 0. The lowest BCUT2D eigenvalue weighted by molar-refractivity contribution is 0.167. The number of aromatic nitrogens is 1. The number of rotatable bonds is 2. The van der Waals surface area contributed by atoms with E-state index in [4.69, 9.17) is 4.74 Å². The van der Waals surface area contributed by atoms with Gasteiger partial charge in [0, 0.05) is 18.9 Å². The molecule has 1 saturated heterocycles. The third-order valence-electron chi connectivity index (χ3n) is 2.20. The molecule has 0 saturated carbocycles. The second-order valence-electron chi connectivity index (χ2n) is 3.27. The molecule has 1 aromatic heterocycles. The smallest absolute Gasteiger partial charge is 0.122 e. The number of hydrogen-bond acceptors (Lipinski definition) is 3. The quantitative estimate of drug-likeness (QED) is 0.739. The van der Waals surface area contributed by atoms with Gasteiger partial charge < -0.3 is 10.1 Å². The van der Waals surface area contributed by atoms with Gasteiger partial charge in [0.1, 0.15) is 11.9 Å². The topological polar surface area (TPSA) is 34.1 Å². The zero-order chi connectivity index (χ0) is 8.93. The highest BCUT2D eigenvalue weighted by Gasteiger charge is 2.13.